The third kappa shape index (κ3) is 6.52. The van der Waals surface area contributed by atoms with Gasteiger partial charge in [-0.15, -0.1) is 5.54 Å². The second-order valence-electron chi connectivity index (χ2n) is 7.58. The Hall–Kier alpha value is -0.0494. The molecule has 0 amide bonds. The standard InChI is InChI=1S/C13H28Si3/c1-14(2,3)12-10-11-13(15(4,5)6)16(7,8)9/h11H,1-9H3. The Morgan fingerprint density at radius 1 is 0.750 bits per heavy atom. The first kappa shape index (κ1) is 16.0. The summed E-state index contributed by atoms with van der Waals surface area (Å²) in [7, 11) is -3.58. The maximum absolute atomic E-state index is 3.45. The van der Waals surface area contributed by atoms with Crippen molar-refractivity contribution in [3.8, 4) is 11.5 Å². The van der Waals surface area contributed by atoms with Gasteiger partial charge in [-0.25, -0.2) is 0 Å². The summed E-state index contributed by atoms with van der Waals surface area (Å²) in [6.45, 7) is 21.5. The predicted octanol–water partition coefficient (Wildman–Crippen LogP) is 4.55. The highest BCUT2D eigenvalue weighted by Crippen LogP contribution is 2.24. The minimum Gasteiger partial charge on any atom is -0.127 e. The van der Waals surface area contributed by atoms with E-state index >= 15 is 0 Å². The minimum atomic E-state index is -1.22. The Kier molecular flexibility index (Phi) is 5.06. The molecule has 0 aromatic carbocycles. The highest BCUT2D eigenvalue weighted by molar-refractivity contribution is 7.04. The molecule has 16 heavy (non-hydrogen) atoms. The fourth-order valence-corrected chi connectivity index (χ4v) is 12.4. The van der Waals surface area contributed by atoms with Crippen molar-refractivity contribution in [2.45, 2.75) is 58.9 Å². The molecule has 0 aliphatic carbocycles. The zero-order chi connectivity index (χ0) is 13.2. The van der Waals surface area contributed by atoms with Crippen molar-refractivity contribution in [1.29, 1.82) is 0 Å². The van der Waals surface area contributed by atoms with E-state index in [4.69, 9.17) is 0 Å². The van der Waals surface area contributed by atoms with Crippen molar-refractivity contribution in [3.05, 3.63) is 10.9 Å². The molecule has 0 aromatic rings. The van der Waals surface area contributed by atoms with Gasteiger partial charge in [0.15, 0.2) is 0 Å². The molecule has 0 bridgehead atoms. The molecule has 0 radical (unpaired) electrons. The van der Waals surface area contributed by atoms with Crippen molar-refractivity contribution >= 4 is 24.2 Å². The molecule has 0 spiro atoms. The molecule has 0 aliphatic heterocycles. The van der Waals surface area contributed by atoms with E-state index in [0.717, 1.165) is 0 Å². The van der Waals surface area contributed by atoms with Crippen molar-refractivity contribution in [3.63, 3.8) is 0 Å². The molecule has 0 N–H and O–H groups in total. The van der Waals surface area contributed by atoms with Crippen molar-refractivity contribution < 1.29 is 0 Å². The van der Waals surface area contributed by atoms with Crippen LogP contribution < -0.4 is 0 Å². The highest BCUT2D eigenvalue weighted by atomic mass is 28.4. The largest absolute Gasteiger partial charge is 0.129 e. The van der Waals surface area contributed by atoms with Crippen LogP contribution in [0.5, 0.6) is 0 Å². The van der Waals surface area contributed by atoms with Crippen molar-refractivity contribution in [2.75, 3.05) is 0 Å². The molecule has 0 rings (SSSR count). The van der Waals surface area contributed by atoms with Crippen LogP contribution in [0.1, 0.15) is 0 Å². The first-order valence-electron chi connectivity index (χ1n) is 6.08. The normalized spacial score (nSPS) is 12.8. The summed E-state index contributed by atoms with van der Waals surface area (Å²) >= 11 is 0. The van der Waals surface area contributed by atoms with Crippen LogP contribution in [0.4, 0.5) is 0 Å². The summed E-state index contributed by atoms with van der Waals surface area (Å²) in [6.07, 6.45) is 2.27. The number of hydrogen-bond acceptors (Lipinski definition) is 0. The van der Waals surface area contributed by atoms with Crippen LogP contribution >= 0.6 is 0 Å². The second kappa shape index (κ2) is 5.07. The van der Waals surface area contributed by atoms with E-state index in [0.29, 0.717) is 0 Å². The zero-order valence-electron chi connectivity index (χ0n) is 12.6. The fraction of sp³-hybridized carbons (Fsp3) is 0.692. The molecule has 0 heterocycles. The first-order chi connectivity index (χ1) is 6.84. The number of rotatable bonds is 2. The van der Waals surface area contributed by atoms with Crippen LogP contribution in [0.2, 0.25) is 58.9 Å². The van der Waals surface area contributed by atoms with E-state index < -0.39 is 24.2 Å². The Balaban J connectivity index is 5.23. The van der Waals surface area contributed by atoms with Gasteiger partial charge in [-0.05, 0) is 6.08 Å². The molecule has 92 valence electrons. The van der Waals surface area contributed by atoms with Gasteiger partial charge in [-0.3, -0.25) is 0 Å². The second-order valence-corrected chi connectivity index (χ2v) is 22.9. The molecule has 0 aliphatic rings. The van der Waals surface area contributed by atoms with Crippen LogP contribution in [0, 0.1) is 11.5 Å². The van der Waals surface area contributed by atoms with Gasteiger partial charge < -0.3 is 0 Å². The smallest absolute Gasteiger partial charge is 0.127 e. The summed E-state index contributed by atoms with van der Waals surface area (Å²) in [6, 6.07) is 0. The van der Waals surface area contributed by atoms with Crippen LogP contribution in [0.3, 0.4) is 0 Å². The van der Waals surface area contributed by atoms with E-state index in [-0.39, 0.29) is 0 Å². The molecule has 0 unspecified atom stereocenters. The maximum atomic E-state index is 3.45. The average molecular weight is 269 g/mol. The summed E-state index contributed by atoms with van der Waals surface area (Å²) in [5, 5.41) is 0. The van der Waals surface area contributed by atoms with E-state index in [9.17, 15) is 0 Å². The van der Waals surface area contributed by atoms with Crippen molar-refractivity contribution in [1.82, 2.24) is 0 Å². The Morgan fingerprint density at radius 2 is 1.12 bits per heavy atom. The van der Waals surface area contributed by atoms with Crippen LogP contribution in [0.25, 0.3) is 0 Å². The fourth-order valence-electron chi connectivity index (χ4n) is 1.88. The van der Waals surface area contributed by atoms with E-state index in [1.807, 2.05) is 0 Å². The van der Waals surface area contributed by atoms with Gasteiger partial charge in [-0.2, -0.15) is 0 Å². The lowest BCUT2D eigenvalue weighted by Gasteiger charge is -2.30. The van der Waals surface area contributed by atoms with Crippen LogP contribution in [-0.2, 0) is 0 Å². The van der Waals surface area contributed by atoms with Gasteiger partial charge in [-0.1, -0.05) is 69.7 Å². The third-order valence-electron chi connectivity index (χ3n) is 2.28. The molecule has 0 fully saturated rings. The zero-order valence-corrected chi connectivity index (χ0v) is 15.6. The predicted molar refractivity (Wildman–Crippen MR) is 85.9 cm³/mol. The van der Waals surface area contributed by atoms with E-state index in [1.165, 1.54) is 0 Å². The van der Waals surface area contributed by atoms with Gasteiger partial charge in [0.2, 0.25) is 0 Å². The maximum Gasteiger partial charge on any atom is 0.129 e. The molecule has 0 atom stereocenters. The average Bonchev–Trinajstić information content (AvgIpc) is 1.90. The minimum absolute atomic E-state index is 1.18. The monoisotopic (exact) mass is 268 g/mol. The molecule has 0 nitrogen and oxygen atoms in total. The van der Waals surface area contributed by atoms with Gasteiger partial charge in [0, 0.05) is 0 Å². The first-order valence-corrected chi connectivity index (χ1v) is 16.6. The lowest BCUT2D eigenvalue weighted by atomic mass is 10.7. The summed E-state index contributed by atoms with van der Waals surface area (Å²) in [5.41, 5.74) is 3.45. The van der Waals surface area contributed by atoms with Crippen molar-refractivity contribution in [2.24, 2.45) is 0 Å². The lowest BCUT2D eigenvalue weighted by Crippen LogP contribution is -2.39. The van der Waals surface area contributed by atoms with E-state index in [1.54, 1.807) is 4.82 Å². The van der Waals surface area contributed by atoms with Gasteiger partial charge in [0.1, 0.15) is 8.07 Å². The Labute approximate surface area is 106 Å². The van der Waals surface area contributed by atoms with Gasteiger partial charge in [0.05, 0.1) is 16.1 Å². The topological polar surface area (TPSA) is 0 Å². The molecule has 0 saturated carbocycles. The highest BCUT2D eigenvalue weighted by Gasteiger charge is 2.30. The molecule has 0 saturated heterocycles. The SMILES string of the molecule is C[Si](C)(C)C#CC=C([Si](C)(C)C)[Si](C)(C)C. The number of allylic oxidation sites excluding steroid dienone is 1. The molecular weight excluding hydrogens is 240 g/mol. The molecular formula is C13H28Si3. The number of hydrogen-bond donors (Lipinski definition) is 0. The van der Waals surface area contributed by atoms with Crippen LogP contribution in [-0.4, -0.2) is 24.2 Å². The van der Waals surface area contributed by atoms with E-state index in [2.05, 4.69) is 76.5 Å². The van der Waals surface area contributed by atoms with Crippen LogP contribution in [0.15, 0.2) is 10.9 Å². The molecule has 3 heteroatoms. The summed E-state index contributed by atoms with van der Waals surface area (Å²) in [4.78, 5) is 1.71. The summed E-state index contributed by atoms with van der Waals surface area (Å²) < 4.78 is 0. The molecule has 0 aromatic heterocycles. The third-order valence-corrected chi connectivity index (χ3v) is 11.2. The lowest BCUT2D eigenvalue weighted by molar-refractivity contribution is 1.63. The quantitative estimate of drug-likeness (QED) is 0.509. The van der Waals surface area contributed by atoms with Gasteiger partial charge >= 0.3 is 0 Å². The van der Waals surface area contributed by atoms with Gasteiger partial charge in [0.25, 0.3) is 0 Å². The Bertz CT molecular complexity index is 305. The Morgan fingerprint density at radius 3 is 1.38 bits per heavy atom. The summed E-state index contributed by atoms with van der Waals surface area (Å²) in [5.74, 6) is 3.36.